The van der Waals surface area contributed by atoms with E-state index in [1.807, 2.05) is 0 Å². The van der Waals surface area contributed by atoms with Crippen LogP contribution in [0.4, 0.5) is 0 Å². The lowest BCUT2D eigenvalue weighted by Gasteiger charge is -2.25. The van der Waals surface area contributed by atoms with Crippen molar-refractivity contribution in [3.05, 3.63) is 12.2 Å². The van der Waals surface area contributed by atoms with E-state index in [-0.39, 0.29) is 11.4 Å². The minimum Gasteiger partial charge on any atom is -0.465 e. The predicted molar refractivity (Wildman–Crippen MR) is 43.4 cm³/mol. The molecule has 1 saturated carbocycles. The summed E-state index contributed by atoms with van der Waals surface area (Å²) in [6.45, 7) is 0.649. The van der Waals surface area contributed by atoms with Crippen LogP contribution in [0.2, 0.25) is 0 Å². The number of carbonyl (C=O) groups is 1. The minimum absolute atomic E-state index is 0.0688. The molecule has 0 unspecified atom stereocenters. The lowest BCUT2D eigenvalue weighted by molar-refractivity contribution is -0.147. The SMILES string of the molecule is O=C1OCC[C@]12C[C@H]1C=C[C@@H]2C1. The summed E-state index contributed by atoms with van der Waals surface area (Å²) >= 11 is 0. The Labute approximate surface area is 71.6 Å². The minimum atomic E-state index is -0.0839. The summed E-state index contributed by atoms with van der Waals surface area (Å²) < 4.78 is 5.07. The monoisotopic (exact) mass is 164 g/mol. The molecule has 64 valence electrons. The molecule has 3 rings (SSSR count). The van der Waals surface area contributed by atoms with Gasteiger partial charge in [0.1, 0.15) is 0 Å². The van der Waals surface area contributed by atoms with E-state index in [0.717, 1.165) is 12.8 Å². The summed E-state index contributed by atoms with van der Waals surface area (Å²) in [7, 11) is 0. The summed E-state index contributed by atoms with van der Waals surface area (Å²) in [5, 5.41) is 0. The summed E-state index contributed by atoms with van der Waals surface area (Å²) in [4.78, 5) is 11.5. The zero-order valence-corrected chi connectivity index (χ0v) is 6.95. The summed E-state index contributed by atoms with van der Waals surface area (Å²) in [6.07, 6.45) is 7.68. The maximum atomic E-state index is 11.5. The molecule has 3 atom stereocenters. The van der Waals surface area contributed by atoms with Crippen LogP contribution >= 0.6 is 0 Å². The van der Waals surface area contributed by atoms with Gasteiger partial charge in [0.05, 0.1) is 12.0 Å². The highest BCUT2D eigenvalue weighted by molar-refractivity contribution is 5.80. The van der Waals surface area contributed by atoms with Crippen molar-refractivity contribution in [2.24, 2.45) is 17.3 Å². The first-order chi connectivity index (χ1) is 5.81. The highest BCUT2D eigenvalue weighted by Gasteiger charge is 2.56. The molecule has 2 bridgehead atoms. The van der Waals surface area contributed by atoms with Crippen LogP contribution in [0, 0.1) is 17.3 Å². The van der Waals surface area contributed by atoms with Crippen LogP contribution < -0.4 is 0 Å². The topological polar surface area (TPSA) is 26.3 Å². The fourth-order valence-electron chi connectivity index (χ4n) is 3.05. The summed E-state index contributed by atoms with van der Waals surface area (Å²) in [5.41, 5.74) is -0.0839. The molecular formula is C10H12O2. The van der Waals surface area contributed by atoms with E-state index < -0.39 is 0 Å². The molecule has 0 aromatic heterocycles. The molecule has 2 aliphatic carbocycles. The highest BCUT2D eigenvalue weighted by atomic mass is 16.5. The van der Waals surface area contributed by atoms with Gasteiger partial charge in [-0.25, -0.2) is 0 Å². The second-order valence-electron chi connectivity index (χ2n) is 4.23. The molecule has 0 N–H and O–H groups in total. The van der Waals surface area contributed by atoms with Crippen LogP contribution in [0.5, 0.6) is 0 Å². The number of allylic oxidation sites excluding steroid dienone is 2. The molecule has 2 heteroatoms. The van der Waals surface area contributed by atoms with Gasteiger partial charge >= 0.3 is 5.97 Å². The van der Waals surface area contributed by atoms with Crippen LogP contribution in [0.25, 0.3) is 0 Å². The smallest absolute Gasteiger partial charge is 0.312 e. The second-order valence-corrected chi connectivity index (χ2v) is 4.23. The third-order valence-corrected chi connectivity index (χ3v) is 3.70. The molecular weight excluding hydrogens is 152 g/mol. The van der Waals surface area contributed by atoms with Gasteiger partial charge in [0.15, 0.2) is 0 Å². The number of rotatable bonds is 0. The van der Waals surface area contributed by atoms with Gasteiger partial charge in [-0.3, -0.25) is 4.79 Å². The lowest BCUT2D eigenvalue weighted by Crippen LogP contribution is -2.30. The molecule has 12 heavy (non-hydrogen) atoms. The van der Waals surface area contributed by atoms with E-state index in [4.69, 9.17) is 4.74 Å². The molecule has 1 saturated heterocycles. The number of ether oxygens (including phenoxy) is 1. The number of hydrogen-bond acceptors (Lipinski definition) is 2. The Hall–Kier alpha value is -0.790. The van der Waals surface area contributed by atoms with Crippen LogP contribution in [0.3, 0.4) is 0 Å². The average Bonchev–Trinajstić information content (AvgIpc) is 2.69. The van der Waals surface area contributed by atoms with Gasteiger partial charge in [0.2, 0.25) is 0 Å². The molecule has 1 heterocycles. The Kier molecular flexibility index (Phi) is 1.07. The van der Waals surface area contributed by atoms with Crippen molar-refractivity contribution in [2.45, 2.75) is 19.3 Å². The number of esters is 1. The van der Waals surface area contributed by atoms with Gasteiger partial charge in [-0.2, -0.15) is 0 Å². The van der Waals surface area contributed by atoms with Crippen LogP contribution in [0.1, 0.15) is 19.3 Å². The standard InChI is InChI=1S/C10H12O2/c11-9-10(3-4-12-9)6-7-1-2-8(10)5-7/h1-2,7-8H,3-6H2/t7-,8+,10+/m0/s1. The molecule has 2 fully saturated rings. The van der Waals surface area contributed by atoms with Crippen molar-refractivity contribution in [1.29, 1.82) is 0 Å². The van der Waals surface area contributed by atoms with Gasteiger partial charge in [-0.1, -0.05) is 12.2 Å². The Morgan fingerprint density at radius 1 is 1.50 bits per heavy atom. The van der Waals surface area contributed by atoms with E-state index >= 15 is 0 Å². The van der Waals surface area contributed by atoms with E-state index in [1.165, 1.54) is 6.42 Å². The van der Waals surface area contributed by atoms with Gasteiger partial charge in [0, 0.05) is 0 Å². The third kappa shape index (κ3) is 0.598. The van der Waals surface area contributed by atoms with Crippen molar-refractivity contribution in [3.63, 3.8) is 0 Å². The maximum Gasteiger partial charge on any atom is 0.312 e. The first-order valence-electron chi connectivity index (χ1n) is 4.67. The Morgan fingerprint density at radius 2 is 2.42 bits per heavy atom. The maximum absolute atomic E-state index is 11.5. The Bertz CT molecular complexity index is 269. The zero-order chi connectivity index (χ0) is 8.18. The first-order valence-corrected chi connectivity index (χ1v) is 4.67. The molecule has 0 aromatic carbocycles. The first kappa shape index (κ1) is 6.70. The number of hydrogen-bond donors (Lipinski definition) is 0. The third-order valence-electron chi connectivity index (χ3n) is 3.70. The fraction of sp³-hybridized carbons (Fsp3) is 0.700. The van der Waals surface area contributed by atoms with Crippen LogP contribution in [0.15, 0.2) is 12.2 Å². The van der Waals surface area contributed by atoms with Gasteiger partial charge < -0.3 is 4.74 Å². The normalized spacial score (nSPS) is 49.2. The lowest BCUT2D eigenvalue weighted by atomic mass is 9.75. The summed E-state index contributed by atoms with van der Waals surface area (Å²) in [6, 6.07) is 0. The van der Waals surface area contributed by atoms with Crippen molar-refractivity contribution in [3.8, 4) is 0 Å². The van der Waals surface area contributed by atoms with E-state index in [1.54, 1.807) is 0 Å². The van der Waals surface area contributed by atoms with Gasteiger partial charge in [-0.05, 0) is 31.1 Å². The van der Waals surface area contributed by atoms with Crippen LogP contribution in [-0.2, 0) is 9.53 Å². The Balaban J connectivity index is 2.02. The largest absolute Gasteiger partial charge is 0.465 e. The van der Waals surface area contributed by atoms with Crippen LogP contribution in [-0.4, -0.2) is 12.6 Å². The molecule has 0 radical (unpaired) electrons. The molecule has 3 aliphatic rings. The summed E-state index contributed by atoms with van der Waals surface area (Å²) in [5.74, 6) is 1.23. The van der Waals surface area contributed by atoms with Crippen molar-refractivity contribution in [1.82, 2.24) is 0 Å². The van der Waals surface area contributed by atoms with Gasteiger partial charge in [-0.15, -0.1) is 0 Å². The van der Waals surface area contributed by atoms with E-state index in [0.29, 0.717) is 18.4 Å². The second kappa shape index (κ2) is 1.93. The molecule has 2 nitrogen and oxygen atoms in total. The quantitative estimate of drug-likeness (QED) is 0.401. The fourth-order valence-corrected chi connectivity index (χ4v) is 3.05. The molecule has 1 aliphatic heterocycles. The Morgan fingerprint density at radius 3 is 2.92 bits per heavy atom. The average molecular weight is 164 g/mol. The van der Waals surface area contributed by atoms with Crippen molar-refractivity contribution >= 4 is 5.97 Å². The van der Waals surface area contributed by atoms with Crippen molar-refractivity contribution < 1.29 is 9.53 Å². The predicted octanol–water partition coefficient (Wildman–Crippen LogP) is 1.52. The van der Waals surface area contributed by atoms with E-state index in [9.17, 15) is 4.79 Å². The number of carbonyl (C=O) groups excluding carboxylic acids is 1. The number of cyclic esters (lactones) is 1. The van der Waals surface area contributed by atoms with Gasteiger partial charge in [0.25, 0.3) is 0 Å². The van der Waals surface area contributed by atoms with E-state index in [2.05, 4.69) is 12.2 Å². The molecule has 0 aromatic rings. The highest BCUT2D eigenvalue weighted by Crippen LogP contribution is 2.56. The molecule has 1 spiro atoms. The zero-order valence-electron chi connectivity index (χ0n) is 6.95. The molecule has 0 amide bonds. The van der Waals surface area contributed by atoms with Crippen molar-refractivity contribution in [2.75, 3.05) is 6.61 Å². The number of fused-ring (bicyclic) bond motifs is 3.